The van der Waals surface area contributed by atoms with Crippen LogP contribution in [0.1, 0.15) is 18.5 Å². The number of aromatic nitrogens is 2. The van der Waals surface area contributed by atoms with E-state index in [0.29, 0.717) is 0 Å². The summed E-state index contributed by atoms with van der Waals surface area (Å²) in [5.74, 6) is 0.822. The van der Waals surface area contributed by atoms with E-state index >= 15 is 0 Å². The van der Waals surface area contributed by atoms with Gasteiger partial charge in [-0.1, -0.05) is 30.3 Å². The van der Waals surface area contributed by atoms with Crippen LogP contribution in [0.4, 0.5) is 11.5 Å². The Balaban J connectivity index is 1.71. The number of piperazine rings is 1. The van der Waals surface area contributed by atoms with Crippen LogP contribution < -0.4 is 15.5 Å². The maximum absolute atomic E-state index is 4.20. The second-order valence-corrected chi connectivity index (χ2v) is 5.31. The normalized spacial score (nSPS) is 16.5. The first kappa shape index (κ1) is 13.8. The van der Waals surface area contributed by atoms with Crippen molar-refractivity contribution in [3.05, 3.63) is 48.2 Å². The van der Waals surface area contributed by atoms with Crippen LogP contribution in [0.2, 0.25) is 0 Å². The molecule has 1 aliphatic heterocycles. The number of nitrogens with one attached hydrogen (secondary N) is 2. The van der Waals surface area contributed by atoms with Gasteiger partial charge >= 0.3 is 0 Å². The van der Waals surface area contributed by atoms with E-state index < -0.39 is 0 Å². The average Bonchev–Trinajstić information content (AvgIpc) is 2.57. The summed E-state index contributed by atoms with van der Waals surface area (Å²) >= 11 is 0. The summed E-state index contributed by atoms with van der Waals surface area (Å²) in [4.78, 5) is 2.34. The fourth-order valence-corrected chi connectivity index (χ4v) is 2.57. The minimum Gasteiger partial charge on any atom is -0.368 e. The molecule has 1 saturated heterocycles. The van der Waals surface area contributed by atoms with Gasteiger partial charge in [-0.2, -0.15) is 5.10 Å². The number of hydrogen-bond acceptors (Lipinski definition) is 5. The Morgan fingerprint density at radius 3 is 2.71 bits per heavy atom. The van der Waals surface area contributed by atoms with Crippen molar-refractivity contribution in [1.29, 1.82) is 0 Å². The van der Waals surface area contributed by atoms with Crippen molar-refractivity contribution in [3.8, 4) is 0 Å². The highest BCUT2D eigenvalue weighted by molar-refractivity contribution is 5.53. The fourth-order valence-electron chi connectivity index (χ4n) is 2.57. The fraction of sp³-hybridized carbons (Fsp3) is 0.375. The number of rotatable bonds is 4. The lowest BCUT2D eigenvalue weighted by atomic mass is 10.1. The predicted molar refractivity (Wildman–Crippen MR) is 85.6 cm³/mol. The van der Waals surface area contributed by atoms with E-state index in [4.69, 9.17) is 0 Å². The van der Waals surface area contributed by atoms with Crippen LogP contribution in [-0.4, -0.2) is 36.4 Å². The van der Waals surface area contributed by atoms with Crippen LogP contribution in [0.3, 0.4) is 0 Å². The van der Waals surface area contributed by atoms with Gasteiger partial charge in [0.1, 0.15) is 0 Å². The summed E-state index contributed by atoms with van der Waals surface area (Å²) in [5, 5.41) is 15.1. The highest BCUT2D eigenvalue weighted by Gasteiger charge is 2.12. The smallest absolute Gasteiger partial charge is 0.151 e. The monoisotopic (exact) mass is 283 g/mol. The van der Waals surface area contributed by atoms with Crippen LogP contribution >= 0.6 is 0 Å². The van der Waals surface area contributed by atoms with Gasteiger partial charge in [-0.05, 0) is 12.5 Å². The summed E-state index contributed by atoms with van der Waals surface area (Å²) in [6.07, 6.45) is 1.84. The molecule has 5 heteroatoms. The summed E-state index contributed by atoms with van der Waals surface area (Å²) < 4.78 is 0. The summed E-state index contributed by atoms with van der Waals surface area (Å²) in [6, 6.07) is 12.7. The van der Waals surface area contributed by atoms with E-state index in [2.05, 4.69) is 63.0 Å². The zero-order valence-electron chi connectivity index (χ0n) is 12.3. The molecule has 0 saturated carbocycles. The first-order valence-electron chi connectivity index (χ1n) is 7.43. The van der Waals surface area contributed by atoms with E-state index in [9.17, 15) is 0 Å². The van der Waals surface area contributed by atoms with Crippen molar-refractivity contribution >= 4 is 11.5 Å². The Kier molecular flexibility index (Phi) is 4.31. The van der Waals surface area contributed by atoms with Crippen molar-refractivity contribution < 1.29 is 0 Å². The van der Waals surface area contributed by atoms with Crippen molar-refractivity contribution in [2.45, 2.75) is 13.0 Å². The third-order valence-corrected chi connectivity index (χ3v) is 3.79. The summed E-state index contributed by atoms with van der Waals surface area (Å²) in [7, 11) is 0. The van der Waals surface area contributed by atoms with Crippen molar-refractivity contribution in [2.24, 2.45) is 0 Å². The summed E-state index contributed by atoms with van der Waals surface area (Å²) in [6.45, 7) is 6.20. The molecule has 1 atom stereocenters. The van der Waals surface area contributed by atoms with Gasteiger partial charge in [0, 0.05) is 38.3 Å². The third-order valence-electron chi connectivity index (χ3n) is 3.79. The zero-order valence-corrected chi connectivity index (χ0v) is 12.3. The molecule has 1 aromatic carbocycles. The minimum atomic E-state index is 0.207. The average molecular weight is 283 g/mol. The van der Waals surface area contributed by atoms with Crippen LogP contribution in [0, 0.1) is 0 Å². The number of hydrogen-bond donors (Lipinski definition) is 2. The van der Waals surface area contributed by atoms with Gasteiger partial charge in [0.05, 0.1) is 11.9 Å². The third kappa shape index (κ3) is 3.49. The molecule has 0 aliphatic carbocycles. The van der Waals surface area contributed by atoms with Gasteiger partial charge in [0.15, 0.2) is 5.82 Å². The van der Waals surface area contributed by atoms with Crippen molar-refractivity contribution in [3.63, 3.8) is 0 Å². The molecule has 0 radical (unpaired) electrons. The Labute approximate surface area is 125 Å². The highest BCUT2D eigenvalue weighted by Crippen LogP contribution is 2.21. The molecule has 2 N–H and O–H groups in total. The largest absolute Gasteiger partial charge is 0.368 e. The van der Waals surface area contributed by atoms with E-state index in [-0.39, 0.29) is 6.04 Å². The van der Waals surface area contributed by atoms with Gasteiger partial charge in [0.25, 0.3) is 0 Å². The molecular weight excluding hydrogens is 262 g/mol. The number of nitrogens with zero attached hydrogens (tertiary/aromatic N) is 3. The van der Waals surface area contributed by atoms with E-state index in [1.807, 2.05) is 12.3 Å². The molecule has 110 valence electrons. The lowest BCUT2D eigenvalue weighted by molar-refractivity contribution is 0.588. The predicted octanol–water partition coefficient (Wildman–Crippen LogP) is 2.06. The van der Waals surface area contributed by atoms with E-state index in [0.717, 1.165) is 37.7 Å². The van der Waals surface area contributed by atoms with Crippen LogP contribution in [-0.2, 0) is 0 Å². The highest BCUT2D eigenvalue weighted by atomic mass is 15.2. The van der Waals surface area contributed by atoms with Crippen LogP contribution in [0.5, 0.6) is 0 Å². The van der Waals surface area contributed by atoms with Crippen molar-refractivity contribution in [2.75, 3.05) is 36.4 Å². The van der Waals surface area contributed by atoms with Gasteiger partial charge < -0.3 is 15.5 Å². The Morgan fingerprint density at radius 1 is 1.19 bits per heavy atom. The molecule has 3 rings (SSSR count). The van der Waals surface area contributed by atoms with Gasteiger partial charge in [-0.25, -0.2) is 0 Å². The van der Waals surface area contributed by atoms with Gasteiger partial charge in [-0.3, -0.25) is 0 Å². The second-order valence-electron chi connectivity index (χ2n) is 5.31. The maximum Gasteiger partial charge on any atom is 0.151 e. The Bertz CT molecular complexity index is 566. The Morgan fingerprint density at radius 2 is 1.95 bits per heavy atom. The maximum atomic E-state index is 4.20. The van der Waals surface area contributed by atoms with E-state index in [1.165, 1.54) is 5.56 Å². The van der Waals surface area contributed by atoms with Crippen LogP contribution in [0.15, 0.2) is 42.6 Å². The standard InChI is InChI=1S/C16H21N5/c1-13(14-5-3-2-4-6-14)19-16-11-15(12-18-20-16)21-9-7-17-8-10-21/h2-6,11-13,17H,7-10H2,1H3,(H,19,20). The Hall–Kier alpha value is -2.14. The molecule has 1 unspecified atom stereocenters. The minimum absolute atomic E-state index is 0.207. The first-order chi connectivity index (χ1) is 10.3. The SMILES string of the molecule is CC(Nc1cc(N2CCNCC2)cnn1)c1ccccc1. The van der Waals surface area contributed by atoms with Crippen LogP contribution in [0.25, 0.3) is 0 Å². The molecule has 1 fully saturated rings. The molecule has 2 aromatic rings. The van der Waals surface area contributed by atoms with E-state index in [1.54, 1.807) is 0 Å². The molecule has 0 spiro atoms. The lowest BCUT2D eigenvalue weighted by Crippen LogP contribution is -2.43. The molecule has 2 heterocycles. The van der Waals surface area contributed by atoms with Gasteiger partial charge in [-0.15, -0.1) is 5.10 Å². The number of benzene rings is 1. The van der Waals surface area contributed by atoms with Crippen molar-refractivity contribution in [1.82, 2.24) is 15.5 Å². The molecule has 5 nitrogen and oxygen atoms in total. The molecule has 1 aromatic heterocycles. The number of anilines is 2. The summed E-state index contributed by atoms with van der Waals surface area (Å²) in [5.41, 5.74) is 2.38. The molecule has 1 aliphatic rings. The van der Waals surface area contributed by atoms with Gasteiger partial charge in [0.2, 0.25) is 0 Å². The molecule has 0 bridgehead atoms. The lowest BCUT2D eigenvalue weighted by Gasteiger charge is -2.29. The first-order valence-corrected chi connectivity index (χ1v) is 7.43. The molecule has 21 heavy (non-hydrogen) atoms. The molecular formula is C16H21N5. The second kappa shape index (κ2) is 6.54. The molecule has 0 amide bonds. The zero-order chi connectivity index (χ0) is 14.5. The topological polar surface area (TPSA) is 53.1 Å². The quantitative estimate of drug-likeness (QED) is 0.899.